The second kappa shape index (κ2) is 4.44. The van der Waals surface area contributed by atoms with E-state index in [-0.39, 0.29) is 5.88 Å². The van der Waals surface area contributed by atoms with E-state index in [4.69, 9.17) is 0 Å². The van der Waals surface area contributed by atoms with Crippen LogP contribution in [0.3, 0.4) is 0 Å². The molecule has 0 fully saturated rings. The summed E-state index contributed by atoms with van der Waals surface area (Å²) in [5.41, 5.74) is 0.616. The number of carbonyl (C=O) groups excluding carboxylic acids is 1. The largest absolute Gasteiger partial charge is 0.493 e. The number of benzene rings is 1. The lowest BCUT2D eigenvalue weighted by Gasteiger charge is -2.02. The lowest BCUT2D eigenvalue weighted by molar-refractivity contribution is -0.108. The van der Waals surface area contributed by atoms with Crippen molar-refractivity contribution in [2.75, 3.05) is 0 Å². The molecule has 2 N–H and O–H groups in total. The minimum absolute atomic E-state index is 0.0375. The van der Waals surface area contributed by atoms with Crippen LogP contribution >= 0.6 is 0 Å². The Morgan fingerprint density at radius 1 is 1.31 bits per heavy atom. The molecular weight excluding hydrogens is 204 g/mol. The summed E-state index contributed by atoms with van der Waals surface area (Å²) >= 11 is 0. The minimum atomic E-state index is -0.0375. The predicted molar refractivity (Wildman–Crippen MR) is 61.6 cm³/mol. The van der Waals surface area contributed by atoms with Gasteiger partial charge in [-0.3, -0.25) is 4.79 Å². The summed E-state index contributed by atoms with van der Waals surface area (Å²) in [7, 11) is 0. The third-order valence-corrected chi connectivity index (χ3v) is 2.16. The fraction of sp³-hybridized carbons (Fsp3) is 0. The van der Waals surface area contributed by atoms with Gasteiger partial charge in [-0.2, -0.15) is 0 Å². The summed E-state index contributed by atoms with van der Waals surface area (Å²) in [6, 6.07) is 9.17. The molecule has 0 aliphatic rings. The Kier molecular flexibility index (Phi) is 2.82. The zero-order chi connectivity index (χ0) is 11.4. The van der Waals surface area contributed by atoms with Gasteiger partial charge in [0.05, 0.1) is 5.69 Å². The lowest BCUT2D eigenvalue weighted by Crippen LogP contribution is -1.98. The van der Waals surface area contributed by atoms with E-state index in [9.17, 15) is 9.90 Å². The number of aromatic hydroxyl groups is 1. The normalized spacial score (nSPS) is 10.8. The van der Waals surface area contributed by atoms with Crippen LogP contribution in [0.2, 0.25) is 0 Å². The number of nitrogens with one attached hydrogen (secondary N) is 1. The van der Waals surface area contributed by atoms with E-state index in [0.717, 1.165) is 10.8 Å². The zero-order valence-electron chi connectivity index (χ0n) is 8.42. The van der Waals surface area contributed by atoms with Gasteiger partial charge >= 0.3 is 0 Å². The number of rotatable bonds is 3. The summed E-state index contributed by atoms with van der Waals surface area (Å²) in [5, 5.41) is 13.7. The van der Waals surface area contributed by atoms with Crippen LogP contribution in [0.25, 0.3) is 16.8 Å². The van der Waals surface area contributed by atoms with Gasteiger partial charge in [-0.05, 0) is 11.5 Å². The molecule has 0 bridgehead atoms. The maximum absolute atomic E-state index is 10.1. The molecule has 1 aromatic carbocycles. The summed E-state index contributed by atoms with van der Waals surface area (Å²) < 4.78 is 0. The van der Waals surface area contributed by atoms with Crippen LogP contribution in [0.4, 0.5) is 0 Å². The van der Waals surface area contributed by atoms with Crippen molar-refractivity contribution < 1.29 is 9.90 Å². The van der Waals surface area contributed by atoms with Crippen LogP contribution in [0.1, 0.15) is 5.69 Å². The molecule has 1 heterocycles. The molecule has 0 saturated heterocycles. The number of fused-ring (bicyclic) bond motifs is 1. The summed E-state index contributed by atoms with van der Waals surface area (Å²) in [6.07, 6.45) is 3.68. The number of nitrogens with zero attached hydrogens (tertiary/aromatic N) is 1. The van der Waals surface area contributed by atoms with Gasteiger partial charge in [-0.25, -0.2) is 4.98 Å². The van der Waals surface area contributed by atoms with E-state index in [1.807, 2.05) is 24.3 Å². The predicted octanol–water partition coefficient (Wildman–Crippen LogP) is 1.66. The van der Waals surface area contributed by atoms with Gasteiger partial charge in [0.1, 0.15) is 0 Å². The second-order valence-electron chi connectivity index (χ2n) is 3.20. The van der Waals surface area contributed by atoms with E-state index < -0.39 is 0 Å². The van der Waals surface area contributed by atoms with Gasteiger partial charge in [0, 0.05) is 17.7 Å². The average Bonchev–Trinajstić information content (AvgIpc) is 2.29. The van der Waals surface area contributed by atoms with Crippen LogP contribution in [0.15, 0.2) is 36.5 Å². The van der Waals surface area contributed by atoms with Crippen molar-refractivity contribution in [2.45, 2.75) is 0 Å². The average molecular weight is 214 g/mol. The Morgan fingerprint density at radius 2 is 2.12 bits per heavy atom. The molecule has 0 radical (unpaired) electrons. The molecule has 16 heavy (non-hydrogen) atoms. The maximum atomic E-state index is 10.1. The van der Waals surface area contributed by atoms with Crippen LogP contribution in [0, 0.1) is 0 Å². The van der Waals surface area contributed by atoms with Crippen LogP contribution < -0.4 is 5.32 Å². The Bertz CT molecular complexity index is 550. The molecule has 0 atom stereocenters. The first-order valence-corrected chi connectivity index (χ1v) is 4.76. The fourth-order valence-electron chi connectivity index (χ4n) is 1.50. The first-order valence-electron chi connectivity index (χ1n) is 4.76. The minimum Gasteiger partial charge on any atom is -0.493 e. The monoisotopic (exact) mass is 214 g/mol. The molecular formula is C12H10N2O2. The number of hydrogen-bond acceptors (Lipinski definition) is 3. The SMILES string of the molecule is O=CNC=Cc1nc(O)cc2ccccc12. The highest BCUT2D eigenvalue weighted by Gasteiger charge is 2.01. The third kappa shape index (κ3) is 2.00. The van der Waals surface area contributed by atoms with Gasteiger partial charge in [0.25, 0.3) is 0 Å². The van der Waals surface area contributed by atoms with Crippen molar-refractivity contribution >= 4 is 23.3 Å². The molecule has 0 unspecified atom stereocenters. The Labute approximate surface area is 92.2 Å². The topological polar surface area (TPSA) is 62.2 Å². The molecule has 80 valence electrons. The molecule has 0 aliphatic carbocycles. The van der Waals surface area contributed by atoms with Crippen molar-refractivity contribution in [1.29, 1.82) is 0 Å². The Balaban J connectivity index is 2.54. The number of carbonyl (C=O) groups is 1. The van der Waals surface area contributed by atoms with Gasteiger partial charge < -0.3 is 10.4 Å². The first kappa shape index (κ1) is 10.2. The molecule has 2 aromatic rings. The van der Waals surface area contributed by atoms with E-state index in [1.165, 1.54) is 6.20 Å². The smallest absolute Gasteiger partial charge is 0.211 e. The fourth-order valence-corrected chi connectivity index (χ4v) is 1.50. The Hall–Kier alpha value is -2.36. The highest BCUT2D eigenvalue weighted by atomic mass is 16.3. The van der Waals surface area contributed by atoms with Crippen molar-refractivity contribution in [2.24, 2.45) is 0 Å². The second-order valence-corrected chi connectivity index (χ2v) is 3.20. The van der Waals surface area contributed by atoms with E-state index in [0.29, 0.717) is 12.1 Å². The summed E-state index contributed by atoms with van der Waals surface area (Å²) in [6.45, 7) is 0. The van der Waals surface area contributed by atoms with Gasteiger partial charge in [0.15, 0.2) is 0 Å². The number of pyridine rings is 1. The standard InChI is InChI=1S/C12H10N2O2/c15-8-13-6-5-11-10-4-2-1-3-9(10)7-12(16)14-11/h1-8H,(H,13,15)(H,14,16). The molecule has 1 aromatic heterocycles. The van der Waals surface area contributed by atoms with Crippen molar-refractivity contribution in [3.63, 3.8) is 0 Å². The van der Waals surface area contributed by atoms with Gasteiger partial charge in [-0.1, -0.05) is 24.3 Å². The number of aromatic nitrogens is 1. The van der Waals surface area contributed by atoms with Crippen molar-refractivity contribution in [3.8, 4) is 5.88 Å². The molecule has 2 rings (SSSR count). The third-order valence-electron chi connectivity index (χ3n) is 2.16. The van der Waals surface area contributed by atoms with E-state index >= 15 is 0 Å². The van der Waals surface area contributed by atoms with Gasteiger partial charge in [-0.15, -0.1) is 0 Å². The molecule has 1 amide bonds. The summed E-state index contributed by atoms with van der Waals surface area (Å²) in [5.74, 6) is -0.0375. The quantitative estimate of drug-likeness (QED) is 0.764. The highest BCUT2D eigenvalue weighted by Crippen LogP contribution is 2.21. The first-order chi connectivity index (χ1) is 7.81. The molecule has 0 aliphatic heterocycles. The van der Waals surface area contributed by atoms with Crippen LogP contribution in [0.5, 0.6) is 5.88 Å². The van der Waals surface area contributed by atoms with Gasteiger partial charge in [0.2, 0.25) is 12.3 Å². The molecule has 4 heteroatoms. The van der Waals surface area contributed by atoms with Crippen molar-refractivity contribution in [1.82, 2.24) is 10.3 Å². The van der Waals surface area contributed by atoms with Crippen LogP contribution in [-0.2, 0) is 4.79 Å². The molecule has 0 spiro atoms. The maximum Gasteiger partial charge on any atom is 0.211 e. The molecule has 0 saturated carbocycles. The van der Waals surface area contributed by atoms with E-state index in [1.54, 1.807) is 12.1 Å². The highest BCUT2D eigenvalue weighted by molar-refractivity contribution is 5.89. The van der Waals surface area contributed by atoms with Crippen LogP contribution in [-0.4, -0.2) is 16.5 Å². The number of hydrogen-bond donors (Lipinski definition) is 2. The van der Waals surface area contributed by atoms with E-state index in [2.05, 4.69) is 10.3 Å². The van der Waals surface area contributed by atoms with Crippen molar-refractivity contribution in [3.05, 3.63) is 42.2 Å². The lowest BCUT2D eigenvalue weighted by atomic mass is 10.1. The summed E-state index contributed by atoms with van der Waals surface area (Å²) in [4.78, 5) is 14.1. The Morgan fingerprint density at radius 3 is 2.94 bits per heavy atom. The number of amides is 1. The molecule has 4 nitrogen and oxygen atoms in total. The zero-order valence-corrected chi connectivity index (χ0v) is 8.42.